The van der Waals surface area contributed by atoms with Gasteiger partial charge in [0.15, 0.2) is 5.79 Å². The minimum Gasteiger partial charge on any atom is -0.384 e. The van der Waals surface area contributed by atoms with Crippen molar-refractivity contribution >= 4 is 17.9 Å². The molecule has 0 saturated carbocycles. The van der Waals surface area contributed by atoms with E-state index in [1.54, 1.807) is 12.3 Å². The molecule has 1 aromatic rings. The zero-order valence-corrected chi connectivity index (χ0v) is 13.0. The van der Waals surface area contributed by atoms with Gasteiger partial charge in [-0.25, -0.2) is 4.98 Å². The summed E-state index contributed by atoms with van der Waals surface area (Å²) >= 11 is 0. The van der Waals surface area contributed by atoms with E-state index < -0.39 is 5.79 Å². The van der Waals surface area contributed by atoms with Crippen LogP contribution in [0.5, 0.6) is 0 Å². The maximum Gasteiger partial charge on any atom is 0.183 e. The minimum absolute atomic E-state index is 0.487. The Bertz CT molecular complexity index is 497. The van der Waals surface area contributed by atoms with Gasteiger partial charge in [-0.1, -0.05) is 13.8 Å². The van der Waals surface area contributed by atoms with Gasteiger partial charge in [0, 0.05) is 18.2 Å². The molecular weight excluding hydrogens is 264 g/mol. The molecule has 0 saturated heterocycles. The van der Waals surface area contributed by atoms with Gasteiger partial charge in [0.05, 0.1) is 0 Å². The van der Waals surface area contributed by atoms with Crippen LogP contribution in [0.1, 0.15) is 38.7 Å². The fraction of sp³-hybridized carbons (Fsp3) is 0.600. The molecule has 116 valence electrons. The highest BCUT2D eigenvalue weighted by atomic mass is 15.3. The first kappa shape index (κ1) is 15.7. The van der Waals surface area contributed by atoms with Crippen molar-refractivity contribution in [2.75, 3.05) is 30.7 Å². The van der Waals surface area contributed by atoms with E-state index in [0.29, 0.717) is 5.82 Å². The van der Waals surface area contributed by atoms with Gasteiger partial charge in [0.25, 0.3) is 0 Å². The normalized spacial score (nSPS) is 20.4. The number of unbranched alkanes of at least 4 members (excludes halogenated alkanes) is 1. The molecule has 1 atom stereocenters. The molecule has 1 aromatic heterocycles. The maximum absolute atomic E-state index is 6.30. The maximum atomic E-state index is 6.30. The molecule has 0 aromatic carbocycles. The van der Waals surface area contributed by atoms with E-state index in [1.165, 1.54) is 0 Å². The molecule has 0 amide bonds. The van der Waals surface area contributed by atoms with Crippen molar-refractivity contribution in [2.45, 2.75) is 38.9 Å². The number of nitrogen functional groups attached to an aromatic ring is 1. The lowest BCUT2D eigenvalue weighted by Crippen LogP contribution is -2.48. The first-order valence-electron chi connectivity index (χ1n) is 7.67. The van der Waals surface area contributed by atoms with Crippen LogP contribution in [-0.4, -0.2) is 41.5 Å². The third-order valence-corrected chi connectivity index (χ3v) is 3.89. The number of nitrogens with one attached hydrogen (secondary N) is 1. The zero-order valence-electron chi connectivity index (χ0n) is 13.0. The van der Waals surface area contributed by atoms with E-state index in [9.17, 15) is 0 Å². The Morgan fingerprint density at radius 1 is 1.24 bits per heavy atom. The molecule has 2 rings (SSSR count). The van der Waals surface area contributed by atoms with Gasteiger partial charge in [-0.05, 0) is 44.6 Å². The molecule has 5 N–H and O–H groups in total. The lowest BCUT2D eigenvalue weighted by Gasteiger charge is -2.31. The van der Waals surface area contributed by atoms with Crippen LogP contribution in [0.15, 0.2) is 17.1 Å². The van der Waals surface area contributed by atoms with E-state index in [1.807, 2.05) is 6.07 Å². The molecule has 1 unspecified atom stereocenters. The molecule has 0 radical (unpaired) electrons. The van der Waals surface area contributed by atoms with Gasteiger partial charge in [-0.15, -0.1) is 0 Å². The minimum atomic E-state index is -0.767. The van der Waals surface area contributed by atoms with Crippen LogP contribution in [0.4, 0.5) is 11.6 Å². The molecule has 0 spiro atoms. The summed E-state index contributed by atoms with van der Waals surface area (Å²) in [6.07, 6.45) is 4.70. The van der Waals surface area contributed by atoms with Gasteiger partial charge >= 0.3 is 0 Å². The number of nitrogens with zero attached hydrogens (tertiary/aromatic N) is 3. The SMILES string of the molecule is CCN(CC)CCCCC1(N)N=Cc2ccc(N)nc2N1. The topological polar surface area (TPSA) is 92.6 Å². The second kappa shape index (κ2) is 6.87. The number of anilines is 2. The van der Waals surface area contributed by atoms with Gasteiger partial charge in [0.2, 0.25) is 0 Å². The number of hydrogen-bond acceptors (Lipinski definition) is 6. The van der Waals surface area contributed by atoms with Gasteiger partial charge in [-0.2, -0.15) is 0 Å². The summed E-state index contributed by atoms with van der Waals surface area (Å²) in [6.45, 7) is 7.67. The Hall–Kier alpha value is -1.66. The highest BCUT2D eigenvalue weighted by molar-refractivity contribution is 5.89. The predicted molar refractivity (Wildman–Crippen MR) is 88.4 cm³/mol. The average molecular weight is 290 g/mol. The van der Waals surface area contributed by atoms with E-state index >= 15 is 0 Å². The number of rotatable bonds is 7. The second-order valence-corrected chi connectivity index (χ2v) is 5.47. The number of fused-ring (bicyclic) bond motifs is 1. The molecule has 6 nitrogen and oxygen atoms in total. The molecule has 6 heteroatoms. The highest BCUT2D eigenvalue weighted by Gasteiger charge is 2.27. The fourth-order valence-electron chi connectivity index (χ4n) is 2.51. The van der Waals surface area contributed by atoms with Crippen molar-refractivity contribution in [3.63, 3.8) is 0 Å². The molecule has 0 aliphatic carbocycles. The van der Waals surface area contributed by atoms with E-state index in [0.717, 1.165) is 50.3 Å². The van der Waals surface area contributed by atoms with E-state index in [2.05, 4.69) is 34.0 Å². The van der Waals surface area contributed by atoms with Crippen molar-refractivity contribution in [3.8, 4) is 0 Å². The van der Waals surface area contributed by atoms with Gasteiger partial charge in [0.1, 0.15) is 11.6 Å². The van der Waals surface area contributed by atoms with E-state index in [4.69, 9.17) is 11.5 Å². The fourth-order valence-corrected chi connectivity index (χ4v) is 2.51. The molecular formula is C15H26N6. The van der Waals surface area contributed by atoms with Gasteiger partial charge in [-0.3, -0.25) is 10.7 Å². The van der Waals surface area contributed by atoms with Crippen LogP contribution in [0.3, 0.4) is 0 Å². The summed E-state index contributed by atoms with van der Waals surface area (Å²) in [5, 5.41) is 3.21. The Kier molecular flexibility index (Phi) is 5.14. The zero-order chi connectivity index (χ0) is 15.3. The highest BCUT2D eigenvalue weighted by Crippen LogP contribution is 2.24. The van der Waals surface area contributed by atoms with Crippen LogP contribution in [-0.2, 0) is 0 Å². The summed E-state index contributed by atoms with van der Waals surface area (Å²) < 4.78 is 0. The summed E-state index contributed by atoms with van der Waals surface area (Å²) in [5.41, 5.74) is 12.9. The van der Waals surface area contributed by atoms with Crippen LogP contribution in [0, 0.1) is 0 Å². The van der Waals surface area contributed by atoms with Crippen LogP contribution < -0.4 is 16.8 Å². The monoisotopic (exact) mass is 290 g/mol. The van der Waals surface area contributed by atoms with Crippen molar-refractivity contribution in [1.29, 1.82) is 0 Å². The Labute approximate surface area is 126 Å². The number of hydrogen-bond donors (Lipinski definition) is 3. The Morgan fingerprint density at radius 2 is 2.00 bits per heavy atom. The van der Waals surface area contributed by atoms with E-state index in [-0.39, 0.29) is 0 Å². The molecule has 1 aliphatic rings. The second-order valence-electron chi connectivity index (χ2n) is 5.47. The Morgan fingerprint density at radius 3 is 2.71 bits per heavy atom. The Balaban J connectivity index is 1.87. The number of aliphatic imine (C=N–C) groups is 1. The first-order valence-corrected chi connectivity index (χ1v) is 7.67. The van der Waals surface area contributed by atoms with Gasteiger partial charge < -0.3 is 16.0 Å². The summed E-state index contributed by atoms with van der Waals surface area (Å²) in [4.78, 5) is 11.1. The summed E-state index contributed by atoms with van der Waals surface area (Å²) in [7, 11) is 0. The number of pyridine rings is 1. The molecule has 0 fully saturated rings. The standard InChI is InChI=1S/C15H26N6/c1-3-21(4-2)10-6-5-9-15(17)18-11-12-7-8-13(16)19-14(12)20-15/h7-8,11H,3-6,9-10,17H2,1-2H3,(H3,16,19,20). The van der Waals surface area contributed by atoms with Crippen molar-refractivity contribution in [3.05, 3.63) is 17.7 Å². The number of nitrogens with two attached hydrogens (primary N) is 2. The average Bonchev–Trinajstić information content (AvgIpc) is 2.47. The summed E-state index contributed by atoms with van der Waals surface area (Å²) in [5.74, 6) is 0.438. The number of aromatic nitrogens is 1. The predicted octanol–water partition coefficient (Wildman–Crippen LogP) is 1.63. The van der Waals surface area contributed by atoms with Crippen molar-refractivity contribution in [2.24, 2.45) is 10.7 Å². The molecule has 21 heavy (non-hydrogen) atoms. The van der Waals surface area contributed by atoms with Crippen LogP contribution in [0.2, 0.25) is 0 Å². The lowest BCUT2D eigenvalue weighted by atomic mass is 10.1. The molecule has 2 heterocycles. The molecule has 0 bridgehead atoms. The van der Waals surface area contributed by atoms with Crippen LogP contribution >= 0.6 is 0 Å². The summed E-state index contributed by atoms with van der Waals surface area (Å²) in [6, 6.07) is 3.66. The van der Waals surface area contributed by atoms with Crippen LogP contribution in [0.25, 0.3) is 0 Å². The smallest absolute Gasteiger partial charge is 0.183 e. The first-order chi connectivity index (χ1) is 10.1. The van der Waals surface area contributed by atoms with Crippen molar-refractivity contribution < 1.29 is 0 Å². The third-order valence-electron chi connectivity index (χ3n) is 3.89. The molecule has 1 aliphatic heterocycles. The largest absolute Gasteiger partial charge is 0.384 e. The third kappa shape index (κ3) is 4.15. The van der Waals surface area contributed by atoms with Crippen molar-refractivity contribution in [1.82, 2.24) is 9.88 Å². The lowest BCUT2D eigenvalue weighted by molar-refractivity contribution is 0.290. The quantitative estimate of drug-likeness (QED) is 0.664.